The van der Waals surface area contributed by atoms with Gasteiger partial charge in [-0.1, -0.05) is 0 Å². The molecule has 0 aromatic heterocycles. The number of halogens is 2. The molecular weight excluding hydrogens is 394 g/mol. The van der Waals surface area contributed by atoms with E-state index < -0.39 is 17.7 Å². The Morgan fingerprint density at radius 3 is 2.17 bits per heavy atom. The first-order valence-corrected chi connectivity index (χ1v) is 10.3. The van der Waals surface area contributed by atoms with Gasteiger partial charge in [0.15, 0.2) is 11.6 Å². The summed E-state index contributed by atoms with van der Waals surface area (Å²) in [5, 5.41) is 2.61. The first-order chi connectivity index (χ1) is 14.3. The van der Waals surface area contributed by atoms with Crippen LogP contribution in [0.2, 0.25) is 0 Å². The van der Waals surface area contributed by atoms with E-state index in [1.807, 2.05) is 9.80 Å². The van der Waals surface area contributed by atoms with Gasteiger partial charge in [0, 0.05) is 36.7 Å². The predicted octanol–water partition coefficient (Wildman–Crippen LogP) is 1.73. The summed E-state index contributed by atoms with van der Waals surface area (Å²) in [6.07, 6.45) is 2.52. The lowest BCUT2D eigenvalue weighted by molar-refractivity contribution is -0.140. The Morgan fingerprint density at radius 2 is 1.60 bits per heavy atom. The van der Waals surface area contributed by atoms with Crippen LogP contribution in [0.1, 0.15) is 32.6 Å². The van der Waals surface area contributed by atoms with Gasteiger partial charge in [0.05, 0.1) is 6.04 Å². The number of rotatable bonds is 5. The van der Waals surface area contributed by atoms with Gasteiger partial charge in [0.2, 0.25) is 17.7 Å². The summed E-state index contributed by atoms with van der Waals surface area (Å²) < 4.78 is 26.4. The van der Waals surface area contributed by atoms with Crippen LogP contribution in [0.4, 0.5) is 14.5 Å². The van der Waals surface area contributed by atoms with Gasteiger partial charge in [0.1, 0.15) is 0 Å². The van der Waals surface area contributed by atoms with Crippen LogP contribution in [-0.4, -0.2) is 59.7 Å². The summed E-state index contributed by atoms with van der Waals surface area (Å²) >= 11 is 0. The van der Waals surface area contributed by atoms with Crippen LogP contribution in [-0.2, 0) is 14.4 Å². The molecule has 2 saturated heterocycles. The molecular formula is C21H28F2N4O3. The van der Waals surface area contributed by atoms with Gasteiger partial charge in [-0.15, -0.1) is 0 Å². The number of primary amides is 1. The topological polar surface area (TPSA) is 95.7 Å². The molecule has 2 aliphatic rings. The number of nitrogens with two attached hydrogens (primary N) is 1. The molecule has 0 unspecified atom stereocenters. The molecule has 3 amide bonds. The first kappa shape index (κ1) is 22.1. The smallest absolute Gasteiger partial charge is 0.241 e. The molecule has 3 rings (SSSR count). The molecule has 164 valence electrons. The number of carbonyl (C=O) groups is 3. The average molecular weight is 422 g/mol. The van der Waals surface area contributed by atoms with E-state index >= 15 is 0 Å². The summed E-state index contributed by atoms with van der Waals surface area (Å²) in [7, 11) is 0. The minimum Gasteiger partial charge on any atom is -0.369 e. The molecule has 3 N–H and O–H groups in total. The Morgan fingerprint density at radius 1 is 1.00 bits per heavy atom. The molecule has 9 heteroatoms. The highest BCUT2D eigenvalue weighted by atomic mass is 19.2. The number of likely N-dealkylation sites (tertiary alicyclic amines) is 2. The molecule has 2 aliphatic heterocycles. The Bertz CT molecular complexity index is 803. The molecule has 2 heterocycles. The Balaban J connectivity index is 1.47. The van der Waals surface area contributed by atoms with Gasteiger partial charge in [-0.2, -0.15) is 0 Å². The summed E-state index contributed by atoms with van der Waals surface area (Å²) in [5.41, 5.74) is 5.55. The lowest BCUT2D eigenvalue weighted by atomic mass is 9.91. The van der Waals surface area contributed by atoms with Gasteiger partial charge in [-0.05, 0) is 57.8 Å². The number of piperidine rings is 2. The quantitative estimate of drug-likeness (QED) is 0.755. The summed E-state index contributed by atoms with van der Waals surface area (Å²) in [6.45, 7) is 4.06. The van der Waals surface area contributed by atoms with Crippen molar-refractivity contribution >= 4 is 23.4 Å². The standard InChI is InChI=1S/C21H28F2N4O3/c1-13(20(29)25-16-2-3-17(22)18(23)12-16)26-8-6-15(7-9-26)21(30)27-10-4-14(5-11-27)19(24)28/h2-3,12-15H,4-11H2,1H3,(H2,24,28)(H,25,29)/t13-/m0/s1. The van der Waals surface area contributed by atoms with Gasteiger partial charge >= 0.3 is 0 Å². The molecule has 0 saturated carbocycles. The van der Waals surface area contributed by atoms with Crippen molar-refractivity contribution in [3.8, 4) is 0 Å². The maximum Gasteiger partial charge on any atom is 0.241 e. The largest absolute Gasteiger partial charge is 0.369 e. The van der Waals surface area contributed by atoms with E-state index in [-0.39, 0.29) is 35.2 Å². The fourth-order valence-electron chi connectivity index (χ4n) is 4.16. The summed E-state index contributed by atoms with van der Waals surface area (Å²) in [4.78, 5) is 40.3. The van der Waals surface area contributed by atoms with E-state index in [1.54, 1.807) is 6.92 Å². The Labute approximate surface area is 174 Å². The van der Waals surface area contributed by atoms with Crippen LogP contribution < -0.4 is 11.1 Å². The lowest BCUT2D eigenvalue weighted by Gasteiger charge is -2.38. The lowest BCUT2D eigenvalue weighted by Crippen LogP contribution is -2.50. The van der Waals surface area contributed by atoms with Gasteiger partial charge in [-0.25, -0.2) is 8.78 Å². The van der Waals surface area contributed by atoms with Crippen LogP contribution in [0.3, 0.4) is 0 Å². The number of benzene rings is 1. The number of amides is 3. The fourth-order valence-corrected chi connectivity index (χ4v) is 4.16. The van der Waals surface area contributed by atoms with Crippen LogP contribution in [0.15, 0.2) is 18.2 Å². The first-order valence-electron chi connectivity index (χ1n) is 10.3. The summed E-state index contributed by atoms with van der Waals surface area (Å²) in [5.74, 6) is -2.72. The van der Waals surface area contributed by atoms with Crippen LogP contribution in [0.25, 0.3) is 0 Å². The second-order valence-corrected chi connectivity index (χ2v) is 8.11. The molecule has 0 spiro atoms. The number of carbonyl (C=O) groups excluding carboxylic acids is 3. The molecule has 30 heavy (non-hydrogen) atoms. The highest BCUT2D eigenvalue weighted by Crippen LogP contribution is 2.25. The van der Waals surface area contributed by atoms with Crippen molar-refractivity contribution in [2.24, 2.45) is 17.6 Å². The SMILES string of the molecule is C[C@@H](C(=O)Nc1ccc(F)c(F)c1)N1CCC(C(=O)N2CCC(C(N)=O)CC2)CC1. The van der Waals surface area contributed by atoms with Crippen LogP contribution in [0.5, 0.6) is 0 Å². The van der Waals surface area contributed by atoms with Crippen molar-refractivity contribution in [2.45, 2.75) is 38.6 Å². The second kappa shape index (κ2) is 9.51. The minimum atomic E-state index is -1.01. The minimum absolute atomic E-state index is 0.0900. The van der Waals surface area contributed by atoms with Crippen molar-refractivity contribution in [3.05, 3.63) is 29.8 Å². The normalized spacial score (nSPS) is 20.0. The molecule has 7 nitrogen and oxygen atoms in total. The van der Waals surface area contributed by atoms with Gasteiger partial charge in [0.25, 0.3) is 0 Å². The zero-order valence-electron chi connectivity index (χ0n) is 17.1. The van der Waals surface area contributed by atoms with Crippen LogP contribution in [0, 0.1) is 23.5 Å². The van der Waals surface area contributed by atoms with Crippen molar-refractivity contribution in [1.82, 2.24) is 9.80 Å². The van der Waals surface area contributed by atoms with E-state index in [0.717, 1.165) is 12.1 Å². The third-order valence-corrected chi connectivity index (χ3v) is 6.20. The second-order valence-electron chi connectivity index (χ2n) is 8.11. The number of hydrogen-bond donors (Lipinski definition) is 2. The van der Waals surface area contributed by atoms with E-state index in [0.29, 0.717) is 51.9 Å². The monoisotopic (exact) mass is 422 g/mol. The highest BCUT2D eigenvalue weighted by Gasteiger charge is 2.34. The average Bonchev–Trinajstić information content (AvgIpc) is 2.75. The third kappa shape index (κ3) is 5.13. The van der Waals surface area contributed by atoms with Crippen molar-refractivity contribution in [3.63, 3.8) is 0 Å². The molecule has 0 radical (unpaired) electrons. The Hall–Kier alpha value is -2.55. The predicted molar refractivity (Wildman–Crippen MR) is 107 cm³/mol. The van der Waals surface area contributed by atoms with Gasteiger partial charge in [-0.3, -0.25) is 19.3 Å². The molecule has 0 aliphatic carbocycles. The maximum atomic E-state index is 13.3. The maximum absolute atomic E-state index is 13.3. The van der Waals surface area contributed by atoms with Crippen molar-refractivity contribution in [1.29, 1.82) is 0 Å². The zero-order chi connectivity index (χ0) is 21.8. The van der Waals surface area contributed by atoms with Crippen molar-refractivity contribution < 1.29 is 23.2 Å². The van der Waals surface area contributed by atoms with E-state index in [4.69, 9.17) is 5.73 Å². The Kier molecular flexibility index (Phi) is 7.02. The zero-order valence-corrected chi connectivity index (χ0v) is 17.1. The summed E-state index contributed by atoms with van der Waals surface area (Å²) in [6, 6.07) is 2.78. The van der Waals surface area contributed by atoms with E-state index in [9.17, 15) is 23.2 Å². The van der Waals surface area contributed by atoms with Gasteiger partial charge < -0.3 is 16.0 Å². The molecule has 1 atom stereocenters. The number of anilines is 1. The van der Waals surface area contributed by atoms with Crippen LogP contribution >= 0.6 is 0 Å². The molecule has 0 bridgehead atoms. The molecule has 2 fully saturated rings. The number of nitrogens with one attached hydrogen (secondary N) is 1. The number of nitrogens with zero attached hydrogens (tertiary/aromatic N) is 2. The van der Waals surface area contributed by atoms with E-state index in [1.165, 1.54) is 6.07 Å². The molecule has 1 aromatic carbocycles. The van der Waals surface area contributed by atoms with E-state index in [2.05, 4.69) is 5.32 Å². The van der Waals surface area contributed by atoms with Crippen molar-refractivity contribution in [2.75, 3.05) is 31.5 Å². The number of hydrogen-bond acceptors (Lipinski definition) is 4. The highest BCUT2D eigenvalue weighted by molar-refractivity contribution is 5.94. The fraction of sp³-hybridized carbons (Fsp3) is 0.571. The third-order valence-electron chi connectivity index (χ3n) is 6.20. The molecule has 1 aromatic rings.